The second kappa shape index (κ2) is 5.44. The maximum atomic E-state index is 9.49. The molecule has 1 saturated carbocycles. The zero-order chi connectivity index (χ0) is 16.8. The maximum absolute atomic E-state index is 9.49. The van der Waals surface area contributed by atoms with E-state index in [0.29, 0.717) is 0 Å². The normalized spacial score (nSPS) is 14.2. The molecule has 1 N–H and O–H groups in total. The lowest BCUT2D eigenvalue weighted by Gasteiger charge is -2.04. The lowest BCUT2D eigenvalue weighted by atomic mass is 10.1. The number of rotatable bonds is 4. The quantitative estimate of drug-likeness (QED) is 0.622. The van der Waals surface area contributed by atoms with E-state index in [1.165, 1.54) is 12.8 Å². The average molecular weight is 331 g/mol. The molecule has 1 aliphatic rings. The van der Waals surface area contributed by atoms with E-state index in [9.17, 15) is 5.11 Å². The van der Waals surface area contributed by atoms with Crippen LogP contribution in [0, 0.1) is 5.92 Å². The number of benzene rings is 1. The number of phenols is 1. The van der Waals surface area contributed by atoms with E-state index in [2.05, 4.69) is 21.3 Å². The summed E-state index contributed by atoms with van der Waals surface area (Å²) in [5, 5.41) is 13.9. The standard InChI is InChI=1S/C19H17N5O/c25-16-5-3-14(4-6-16)18-8-21-19-9-20-17(12-24(18)19)15-7-22-23(11-15)10-13-1-2-13/h3-9,11-13,25H,1-2,10H2. The van der Waals surface area contributed by atoms with Crippen molar-refractivity contribution in [2.24, 2.45) is 5.92 Å². The summed E-state index contributed by atoms with van der Waals surface area (Å²) < 4.78 is 4.03. The first-order valence-electron chi connectivity index (χ1n) is 8.41. The minimum absolute atomic E-state index is 0.253. The third kappa shape index (κ3) is 2.65. The number of fused-ring (bicyclic) bond motifs is 1. The molecule has 1 aromatic carbocycles. The van der Waals surface area contributed by atoms with Crippen LogP contribution in [0.5, 0.6) is 5.75 Å². The molecule has 6 nitrogen and oxygen atoms in total. The molecule has 124 valence electrons. The van der Waals surface area contributed by atoms with Crippen LogP contribution < -0.4 is 0 Å². The molecule has 4 aromatic rings. The van der Waals surface area contributed by atoms with Gasteiger partial charge < -0.3 is 5.11 Å². The minimum atomic E-state index is 0.253. The van der Waals surface area contributed by atoms with Gasteiger partial charge in [0.05, 0.1) is 30.0 Å². The molecule has 0 aliphatic heterocycles. The second-order valence-corrected chi connectivity index (χ2v) is 6.59. The van der Waals surface area contributed by atoms with Crippen LogP contribution in [0.2, 0.25) is 0 Å². The van der Waals surface area contributed by atoms with Crippen LogP contribution in [0.15, 0.2) is 55.2 Å². The summed E-state index contributed by atoms with van der Waals surface area (Å²) in [5.74, 6) is 1.04. The molecule has 0 spiro atoms. The molecule has 6 heteroatoms. The molecule has 5 rings (SSSR count). The van der Waals surface area contributed by atoms with E-state index in [-0.39, 0.29) is 5.75 Å². The van der Waals surface area contributed by atoms with Crippen molar-refractivity contribution in [1.29, 1.82) is 0 Å². The summed E-state index contributed by atoms with van der Waals surface area (Å²) in [7, 11) is 0. The van der Waals surface area contributed by atoms with Crippen LogP contribution in [0.3, 0.4) is 0 Å². The Hall–Kier alpha value is -3.15. The molecular weight excluding hydrogens is 314 g/mol. The van der Waals surface area contributed by atoms with Gasteiger partial charge in [-0.15, -0.1) is 0 Å². The smallest absolute Gasteiger partial charge is 0.155 e. The molecule has 0 amide bonds. The van der Waals surface area contributed by atoms with Gasteiger partial charge in [-0.05, 0) is 43.0 Å². The van der Waals surface area contributed by atoms with E-state index < -0.39 is 0 Å². The molecule has 1 aliphatic carbocycles. The van der Waals surface area contributed by atoms with Crippen molar-refractivity contribution < 1.29 is 5.11 Å². The highest BCUT2D eigenvalue weighted by atomic mass is 16.3. The Balaban J connectivity index is 1.55. The zero-order valence-electron chi connectivity index (χ0n) is 13.6. The summed E-state index contributed by atoms with van der Waals surface area (Å²) in [6.07, 6.45) is 12.1. The minimum Gasteiger partial charge on any atom is -0.508 e. The van der Waals surface area contributed by atoms with Crippen molar-refractivity contribution in [3.63, 3.8) is 0 Å². The molecule has 3 heterocycles. The number of hydrogen-bond donors (Lipinski definition) is 1. The molecule has 0 radical (unpaired) electrons. The SMILES string of the molecule is Oc1ccc(-c2cnc3cnc(-c4cnn(CC5CC5)c4)cn23)cc1. The Bertz CT molecular complexity index is 1040. The highest BCUT2D eigenvalue weighted by molar-refractivity contribution is 5.66. The summed E-state index contributed by atoms with van der Waals surface area (Å²) in [6, 6.07) is 7.12. The summed E-state index contributed by atoms with van der Waals surface area (Å²) in [4.78, 5) is 8.95. The van der Waals surface area contributed by atoms with Crippen molar-refractivity contribution in [3.05, 3.63) is 55.2 Å². The third-order valence-electron chi connectivity index (χ3n) is 4.63. The van der Waals surface area contributed by atoms with Gasteiger partial charge in [0.15, 0.2) is 5.65 Å². The zero-order valence-corrected chi connectivity index (χ0v) is 13.6. The Kier molecular flexibility index (Phi) is 3.09. The second-order valence-electron chi connectivity index (χ2n) is 6.59. The highest BCUT2D eigenvalue weighted by Crippen LogP contribution is 2.31. The van der Waals surface area contributed by atoms with Crippen molar-refractivity contribution in [3.8, 4) is 28.3 Å². The van der Waals surface area contributed by atoms with E-state index in [1.54, 1.807) is 18.3 Å². The molecule has 0 atom stereocenters. The number of phenolic OH excluding ortho intramolecular Hbond substituents is 1. The van der Waals surface area contributed by atoms with Gasteiger partial charge in [-0.1, -0.05) is 0 Å². The molecule has 0 saturated heterocycles. The average Bonchev–Trinajstić information content (AvgIpc) is 3.16. The Morgan fingerprint density at radius 3 is 2.60 bits per heavy atom. The van der Waals surface area contributed by atoms with E-state index >= 15 is 0 Å². The van der Waals surface area contributed by atoms with Gasteiger partial charge in [0.1, 0.15) is 5.75 Å². The predicted molar refractivity (Wildman–Crippen MR) is 94.0 cm³/mol. The monoisotopic (exact) mass is 331 g/mol. The van der Waals surface area contributed by atoms with Crippen molar-refractivity contribution >= 4 is 5.65 Å². The first-order valence-corrected chi connectivity index (χ1v) is 8.41. The van der Waals surface area contributed by atoms with Gasteiger partial charge in [-0.25, -0.2) is 4.98 Å². The first kappa shape index (κ1) is 14.2. The number of nitrogens with zero attached hydrogens (tertiary/aromatic N) is 5. The molecule has 0 bridgehead atoms. The van der Waals surface area contributed by atoms with Gasteiger partial charge in [-0.3, -0.25) is 14.1 Å². The van der Waals surface area contributed by atoms with E-state index in [0.717, 1.165) is 40.6 Å². The maximum Gasteiger partial charge on any atom is 0.155 e. The van der Waals surface area contributed by atoms with Crippen LogP contribution in [0.4, 0.5) is 0 Å². The number of imidazole rings is 1. The van der Waals surface area contributed by atoms with Crippen molar-refractivity contribution in [2.45, 2.75) is 19.4 Å². The topological polar surface area (TPSA) is 68.2 Å². The fraction of sp³-hybridized carbons (Fsp3) is 0.211. The van der Waals surface area contributed by atoms with Crippen LogP contribution in [-0.2, 0) is 6.54 Å². The lowest BCUT2D eigenvalue weighted by Crippen LogP contribution is -1.99. The van der Waals surface area contributed by atoms with Crippen molar-refractivity contribution in [2.75, 3.05) is 0 Å². The van der Waals surface area contributed by atoms with E-state index in [1.807, 2.05) is 39.8 Å². The predicted octanol–water partition coefficient (Wildman–Crippen LogP) is 3.38. The molecule has 1 fully saturated rings. The molecule has 3 aromatic heterocycles. The Labute approximate surface area is 144 Å². The van der Waals surface area contributed by atoms with Crippen LogP contribution in [0.25, 0.3) is 28.2 Å². The van der Waals surface area contributed by atoms with Gasteiger partial charge in [-0.2, -0.15) is 5.10 Å². The fourth-order valence-electron chi connectivity index (χ4n) is 3.04. The van der Waals surface area contributed by atoms with Gasteiger partial charge in [0.25, 0.3) is 0 Å². The number of aromatic hydroxyl groups is 1. The molecule has 0 unspecified atom stereocenters. The van der Waals surface area contributed by atoms with E-state index in [4.69, 9.17) is 0 Å². The summed E-state index contributed by atoms with van der Waals surface area (Å²) in [6.45, 7) is 0.992. The van der Waals surface area contributed by atoms with Crippen LogP contribution >= 0.6 is 0 Å². The Morgan fingerprint density at radius 2 is 1.80 bits per heavy atom. The van der Waals surface area contributed by atoms with Crippen LogP contribution in [0.1, 0.15) is 12.8 Å². The fourth-order valence-corrected chi connectivity index (χ4v) is 3.04. The van der Waals surface area contributed by atoms with Gasteiger partial charge >= 0.3 is 0 Å². The number of hydrogen-bond acceptors (Lipinski definition) is 4. The third-order valence-corrected chi connectivity index (χ3v) is 4.63. The van der Waals surface area contributed by atoms with Crippen molar-refractivity contribution in [1.82, 2.24) is 24.1 Å². The first-order chi connectivity index (χ1) is 12.3. The van der Waals surface area contributed by atoms with Gasteiger partial charge in [0.2, 0.25) is 0 Å². The highest BCUT2D eigenvalue weighted by Gasteiger charge is 2.22. The number of aromatic nitrogens is 5. The van der Waals surface area contributed by atoms with Crippen LogP contribution in [-0.4, -0.2) is 29.3 Å². The largest absolute Gasteiger partial charge is 0.508 e. The summed E-state index contributed by atoms with van der Waals surface area (Å²) in [5.41, 5.74) is 4.62. The molecule has 25 heavy (non-hydrogen) atoms. The summed E-state index contributed by atoms with van der Waals surface area (Å²) >= 11 is 0. The Morgan fingerprint density at radius 1 is 0.960 bits per heavy atom. The van der Waals surface area contributed by atoms with Gasteiger partial charge in [0, 0.05) is 30.1 Å². The lowest BCUT2D eigenvalue weighted by molar-refractivity contribution is 0.475. The molecular formula is C19H17N5O.